The maximum Gasteiger partial charge on any atom is 0.181 e. The van der Waals surface area contributed by atoms with E-state index in [-0.39, 0.29) is 0 Å². The van der Waals surface area contributed by atoms with E-state index in [0.717, 1.165) is 27.9 Å². The molecule has 0 fully saturated rings. The quantitative estimate of drug-likeness (QED) is 0.541. The Labute approximate surface area is 103 Å². The summed E-state index contributed by atoms with van der Waals surface area (Å²) in [6, 6.07) is 16.4. The summed E-state index contributed by atoms with van der Waals surface area (Å²) in [5.41, 5.74) is 5.04. The molecular weight excluding hydrogens is 224 g/mol. The highest BCUT2D eigenvalue weighted by Gasteiger charge is 2.05. The molecule has 0 saturated carbocycles. The third-order valence-corrected chi connectivity index (χ3v) is 3.17. The molecule has 0 aliphatic heterocycles. The van der Waals surface area contributed by atoms with Gasteiger partial charge in [-0.05, 0) is 24.3 Å². The van der Waals surface area contributed by atoms with Crippen molar-refractivity contribution in [1.82, 2.24) is 9.97 Å². The molecule has 0 aliphatic rings. The summed E-state index contributed by atoms with van der Waals surface area (Å²) in [5.74, 6) is 0. The zero-order valence-electron chi connectivity index (χ0n) is 9.55. The van der Waals surface area contributed by atoms with Crippen molar-refractivity contribution in [2.75, 3.05) is 0 Å². The van der Waals surface area contributed by atoms with E-state index in [0.29, 0.717) is 0 Å². The number of hydrogen-bond acceptors (Lipinski definition) is 2. The van der Waals surface area contributed by atoms with Gasteiger partial charge in [0.2, 0.25) is 0 Å². The average molecular weight is 234 g/mol. The van der Waals surface area contributed by atoms with Gasteiger partial charge in [-0.3, -0.25) is 0 Å². The molecule has 4 aromatic rings. The van der Waals surface area contributed by atoms with Gasteiger partial charge < -0.3 is 9.40 Å². The largest absolute Gasteiger partial charge is 0.443 e. The van der Waals surface area contributed by atoms with Crippen LogP contribution in [0, 0.1) is 0 Å². The van der Waals surface area contributed by atoms with Crippen LogP contribution in [0.4, 0.5) is 0 Å². The summed E-state index contributed by atoms with van der Waals surface area (Å²) in [6.07, 6.45) is 1.47. The molecule has 0 radical (unpaired) electrons. The first-order valence-corrected chi connectivity index (χ1v) is 5.81. The van der Waals surface area contributed by atoms with Gasteiger partial charge in [0.15, 0.2) is 12.0 Å². The minimum atomic E-state index is 0.811. The lowest BCUT2D eigenvalue weighted by molar-refractivity contribution is 0.602. The summed E-state index contributed by atoms with van der Waals surface area (Å²) in [6.45, 7) is 0. The number of fused-ring (bicyclic) bond motifs is 2. The first kappa shape index (κ1) is 9.48. The van der Waals surface area contributed by atoms with Crippen LogP contribution in [0.3, 0.4) is 0 Å². The number of para-hydroxylation sites is 1. The van der Waals surface area contributed by atoms with Crippen molar-refractivity contribution in [1.29, 1.82) is 0 Å². The van der Waals surface area contributed by atoms with E-state index in [4.69, 9.17) is 4.42 Å². The van der Waals surface area contributed by atoms with Crippen molar-refractivity contribution < 1.29 is 4.42 Å². The first-order chi connectivity index (χ1) is 8.90. The number of aromatic amines is 1. The topological polar surface area (TPSA) is 41.8 Å². The molecule has 86 valence electrons. The number of nitrogens with one attached hydrogen (secondary N) is 1. The predicted octanol–water partition coefficient (Wildman–Crippen LogP) is 3.98. The van der Waals surface area contributed by atoms with Crippen molar-refractivity contribution in [3.05, 3.63) is 54.9 Å². The molecule has 0 unspecified atom stereocenters. The zero-order chi connectivity index (χ0) is 11.9. The van der Waals surface area contributed by atoms with E-state index in [9.17, 15) is 0 Å². The molecule has 2 aromatic heterocycles. The highest BCUT2D eigenvalue weighted by Crippen LogP contribution is 2.26. The summed E-state index contributed by atoms with van der Waals surface area (Å²) < 4.78 is 5.33. The van der Waals surface area contributed by atoms with E-state index in [1.807, 2.05) is 24.3 Å². The fourth-order valence-electron chi connectivity index (χ4n) is 2.25. The minimum absolute atomic E-state index is 0.811. The van der Waals surface area contributed by atoms with Crippen LogP contribution < -0.4 is 0 Å². The van der Waals surface area contributed by atoms with Crippen LogP contribution in [-0.4, -0.2) is 9.97 Å². The number of aromatic nitrogens is 2. The molecule has 0 atom stereocenters. The van der Waals surface area contributed by atoms with Gasteiger partial charge in [-0.25, -0.2) is 4.98 Å². The molecule has 2 aromatic carbocycles. The molecule has 4 rings (SSSR count). The maximum absolute atomic E-state index is 5.33. The Hall–Kier alpha value is -2.55. The molecule has 3 nitrogen and oxygen atoms in total. The Morgan fingerprint density at radius 2 is 1.94 bits per heavy atom. The predicted molar refractivity (Wildman–Crippen MR) is 71.3 cm³/mol. The van der Waals surface area contributed by atoms with Gasteiger partial charge in [-0.1, -0.05) is 24.3 Å². The lowest BCUT2D eigenvalue weighted by Gasteiger charge is -1.96. The third-order valence-electron chi connectivity index (χ3n) is 3.17. The second kappa shape index (κ2) is 3.47. The van der Waals surface area contributed by atoms with E-state index >= 15 is 0 Å². The Morgan fingerprint density at radius 3 is 2.89 bits per heavy atom. The molecule has 0 aliphatic carbocycles. The van der Waals surface area contributed by atoms with Crippen LogP contribution in [0.25, 0.3) is 33.3 Å². The highest BCUT2D eigenvalue weighted by atomic mass is 16.3. The molecule has 2 heterocycles. The molecule has 0 spiro atoms. The Morgan fingerprint density at radius 1 is 1.00 bits per heavy atom. The highest BCUT2D eigenvalue weighted by molar-refractivity contribution is 5.87. The van der Waals surface area contributed by atoms with Gasteiger partial charge in [0.1, 0.15) is 5.52 Å². The molecular formula is C15H10N2O. The van der Waals surface area contributed by atoms with Crippen molar-refractivity contribution in [3.63, 3.8) is 0 Å². The minimum Gasteiger partial charge on any atom is -0.443 e. The third kappa shape index (κ3) is 1.34. The van der Waals surface area contributed by atoms with Gasteiger partial charge >= 0.3 is 0 Å². The number of benzene rings is 2. The van der Waals surface area contributed by atoms with Crippen molar-refractivity contribution in [2.24, 2.45) is 0 Å². The fourth-order valence-corrected chi connectivity index (χ4v) is 2.25. The van der Waals surface area contributed by atoms with E-state index in [1.54, 1.807) is 0 Å². The average Bonchev–Trinajstić information content (AvgIpc) is 3.04. The van der Waals surface area contributed by atoms with Crippen LogP contribution in [0.15, 0.2) is 59.3 Å². The van der Waals surface area contributed by atoms with Crippen LogP contribution in [0.5, 0.6) is 0 Å². The number of rotatable bonds is 1. The normalized spacial score (nSPS) is 11.3. The lowest BCUT2D eigenvalue weighted by Crippen LogP contribution is -1.76. The van der Waals surface area contributed by atoms with Gasteiger partial charge in [-0.15, -0.1) is 0 Å². The van der Waals surface area contributed by atoms with Crippen LogP contribution in [0.1, 0.15) is 0 Å². The SMILES string of the molecule is c1ccc2[nH]c(-c3ccc4ncoc4c3)cc2c1. The standard InChI is InChI=1S/C15H10N2O/c1-2-4-12-10(3-1)7-14(17-12)11-5-6-13-15(8-11)18-9-16-13/h1-9,17H. The summed E-state index contributed by atoms with van der Waals surface area (Å²) in [5, 5.41) is 1.21. The fraction of sp³-hybridized carbons (Fsp3) is 0. The van der Waals surface area contributed by atoms with Gasteiger partial charge in [0.05, 0.1) is 0 Å². The van der Waals surface area contributed by atoms with Gasteiger partial charge in [-0.2, -0.15) is 0 Å². The molecule has 3 heteroatoms. The summed E-state index contributed by atoms with van der Waals surface area (Å²) in [7, 11) is 0. The summed E-state index contributed by atoms with van der Waals surface area (Å²) >= 11 is 0. The smallest absolute Gasteiger partial charge is 0.181 e. The van der Waals surface area contributed by atoms with Gasteiger partial charge in [0.25, 0.3) is 0 Å². The Kier molecular flexibility index (Phi) is 1.83. The number of hydrogen-bond donors (Lipinski definition) is 1. The van der Waals surface area contributed by atoms with E-state index < -0.39 is 0 Å². The second-order valence-corrected chi connectivity index (χ2v) is 4.31. The van der Waals surface area contributed by atoms with Crippen molar-refractivity contribution in [2.45, 2.75) is 0 Å². The molecule has 18 heavy (non-hydrogen) atoms. The number of H-pyrrole nitrogens is 1. The van der Waals surface area contributed by atoms with E-state index in [1.165, 1.54) is 11.8 Å². The number of oxazole rings is 1. The van der Waals surface area contributed by atoms with Crippen molar-refractivity contribution >= 4 is 22.0 Å². The monoisotopic (exact) mass is 234 g/mol. The summed E-state index contributed by atoms with van der Waals surface area (Å²) in [4.78, 5) is 7.53. The number of nitrogens with zero attached hydrogens (tertiary/aromatic N) is 1. The Balaban J connectivity index is 1.94. The van der Waals surface area contributed by atoms with Crippen LogP contribution in [-0.2, 0) is 0 Å². The molecule has 1 N–H and O–H groups in total. The molecule has 0 amide bonds. The second-order valence-electron chi connectivity index (χ2n) is 4.31. The molecule has 0 bridgehead atoms. The van der Waals surface area contributed by atoms with Crippen LogP contribution >= 0.6 is 0 Å². The van der Waals surface area contributed by atoms with Gasteiger partial charge in [0, 0.05) is 22.2 Å². The zero-order valence-corrected chi connectivity index (χ0v) is 9.55. The van der Waals surface area contributed by atoms with E-state index in [2.05, 4.69) is 34.2 Å². The van der Waals surface area contributed by atoms with Crippen LogP contribution in [0.2, 0.25) is 0 Å². The lowest BCUT2D eigenvalue weighted by atomic mass is 10.1. The Bertz CT molecular complexity index is 809. The maximum atomic E-state index is 5.33. The van der Waals surface area contributed by atoms with Crippen molar-refractivity contribution in [3.8, 4) is 11.3 Å². The first-order valence-electron chi connectivity index (χ1n) is 5.81. The molecule has 0 saturated heterocycles.